The molecule has 5 N–H and O–H groups in total. The first-order chi connectivity index (χ1) is 16.7. The number of ether oxygens (including phenoxy) is 3. The highest BCUT2D eigenvalue weighted by Crippen LogP contribution is 2.32. The van der Waals surface area contributed by atoms with Gasteiger partial charge in [-0.25, -0.2) is 4.72 Å². The monoisotopic (exact) mass is 505 g/mol. The van der Waals surface area contributed by atoms with E-state index in [-0.39, 0.29) is 32.1 Å². The zero-order valence-corrected chi connectivity index (χ0v) is 20.6. The van der Waals surface area contributed by atoms with Crippen molar-refractivity contribution in [1.29, 1.82) is 5.41 Å². The summed E-state index contributed by atoms with van der Waals surface area (Å²) in [7, 11) is -4.07. The van der Waals surface area contributed by atoms with Crippen LogP contribution in [0.2, 0.25) is 0 Å². The van der Waals surface area contributed by atoms with Gasteiger partial charge in [0.1, 0.15) is 11.9 Å². The summed E-state index contributed by atoms with van der Waals surface area (Å²) in [5, 5.41) is 10.6. The largest absolute Gasteiger partial charge is 0.490 e. The summed E-state index contributed by atoms with van der Waals surface area (Å²) in [5.41, 5.74) is 7.05. The van der Waals surface area contributed by atoms with Gasteiger partial charge in [0.05, 0.1) is 26.4 Å². The summed E-state index contributed by atoms with van der Waals surface area (Å²) >= 11 is 0. The number of benzene rings is 2. The number of morpholine rings is 1. The third-order valence-corrected chi connectivity index (χ3v) is 6.71. The van der Waals surface area contributed by atoms with Crippen molar-refractivity contribution < 1.29 is 27.4 Å². The number of amides is 1. The van der Waals surface area contributed by atoms with Gasteiger partial charge in [0, 0.05) is 24.3 Å². The van der Waals surface area contributed by atoms with Gasteiger partial charge in [-0.3, -0.25) is 10.2 Å². The van der Waals surface area contributed by atoms with E-state index in [1.54, 1.807) is 42.5 Å². The lowest BCUT2D eigenvalue weighted by atomic mass is 10.0. The average molecular weight is 506 g/mol. The highest BCUT2D eigenvalue weighted by atomic mass is 32.2. The summed E-state index contributed by atoms with van der Waals surface area (Å²) in [6, 6.07) is 10.5. The third kappa shape index (κ3) is 6.84. The van der Waals surface area contributed by atoms with Gasteiger partial charge in [-0.1, -0.05) is 6.07 Å². The number of nitrogen functional groups attached to an aromatic ring is 1. The van der Waals surface area contributed by atoms with E-state index in [0.717, 1.165) is 0 Å². The van der Waals surface area contributed by atoms with Gasteiger partial charge in [-0.2, -0.15) is 12.7 Å². The number of hydrogen-bond acceptors (Lipinski definition) is 8. The molecule has 11 nitrogen and oxygen atoms in total. The van der Waals surface area contributed by atoms with Crippen LogP contribution in [-0.2, 0) is 19.7 Å². The van der Waals surface area contributed by atoms with Gasteiger partial charge in [0.25, 0.3) is 5.91 Å². The van der Waals surface area contributed by atoms with Crippen molar-refractivity contribution in [1.82, 2.24) is 9.03 Å². The first-order valence-corrected chi connectivity index (χ1v) is 12.7. The van der Waals surface area contributed by atoms with Crippen LogP contribution in [0.4, 0.5) is 5.69 Å². The van der Waals surface area contributed by atoms with Crippen molar-refractivity contribution in [3.63, 3.8) is 0 Å². The van der Waals surface area contributed by atoms with Crippen LogP contribution in [0.1, 0.15) is 31.0 Å². The Morgan fingerprint density at radius 2 is 1.71 bits per heavy atom. The second kappa shape index (κ2) is 11.9. The Labute approximate surface area is 205 Å². The van der Waals surface area contributed by atoms with E-state index >= 15 is 0 Å². The Balaban J connectivity index is 1.94. The Kier molecular flexibility index (Phi) is 8.90. The van der Waals surface area contributed by atoms with Gasteiger partial charge < -0.3 is 25.3 Å². The summed E-state index contributed by atoms with van der Waals surface area (Å²) < 4.78 is 45.5. The van der Waals surface area contributed by atoms with Crippen LogP contribution in [-0.4, -0.2) is 64.0 Å². The molecule has 0 radical (unpaired) electrons. The molecule has 35 heavy (non-hydrogen) atoms. The van der Waals surface area contributed by atoms with Crippen LogP contribution < -0.4 is 25.2 Å². The van der Waals surface area contributed by atoms with Crippen molar-refractivity contribution >= 4 is 27.6 Å². The number of carbonyl (C=O) groups is 1. The highest BCUT2D eigenvalue weighted by Gasteiger charge is 2.31. The van der Waals surface area contributed by atoms with Crippen molar-refractivity contribution in [3.05, 3.63) is 53.6 Å². The number of nitrogens with two attached hydrogens (primary N) is 1. The molecule has 1 saturated heterocycles. The van der Waals surface area contributed by atoms with Gasteiger partial charge in [0.15, 0.2) is 11.5 Å². The van der Waals surface area contributed by atoms with Crippen molar-refractivity contribution in [2.45, 2.75) is 19.9 Å². The van der Waals surface area contributed by atoms with Crippen LogP contribution in [0.3, 0.4) is 0 Å². The lowest BCUT2D eigenvalue weighted by Gasteiger charge is -2.27. The Morgan fingerprint density at radius 1 is 1.09 bits per heavy atom. The number of carbonyl (C=O) groups excluding carboxylic acids is 1. The predicted octanol–water partition coefficient (Wildman–Crippen LogP) is 1.61. The molecule has 1 fully saturated rings. The quantitative estimate of drug-likeness (QED) is 0.265. The molecule has 1 unspecified atom stereocenters. The number of nitrogens with one attached hydrogen (secondary N) is 3. The second-order valence-electron chi connectivity index (χ2n) is 7.62. The molecule has 3 rings (SSSR count). The van der Waals surface area contributed by atoms with E-state index in [1.165, 1.54) is 4.31 Å². The molecule has 0 saturated carbocycles. The molecule has 0 spiro atoms. The number of nitrogens with zero attached hydrogens (tertiary/aromatic N) is 1. The fourth-order valence-corrected chi connectivity index (χ4v) is 4.63. The molecule has 190 valence electrons. The first kappa shape index (κ1) is 26.3. The third-order valence-electron chi connectivity index (χ3n) is 5.21. The van der Waals surface area contributed by atoms with Crippen LogP contribution in [0.25, 0.3) is 0 Å². The lowest BCUT2D eigenvalue weighted by Crippen LogP contribution is -2.50. The molecular formula is C23H31N5O6S. The minimum atomic E-state index is -4.07. The van der Waals surface area contributed by atoms with E-state index in [2.05, 4.69) is 10.0 Å². The van der Waals surface area contributed by atoms with Gasteiger partial charge in [0.2, 0.25) is 0 Å². The molecule has 1 amide bonds. The smallest absolute Gasteiger partial charge is 0.304 e. The summed E-state index contributed by atoms with van der Waals surface area (Å²) in [5.74, 6) is 0.104. The van der Waals surface area contributed by atoms with Gasteiger partial charge >= 0.3 is 10.2 Å². The molecule has 1 aliphatic heterocycles. The number of hydrogen-bond donors (Lipinski definition) is 4. The molecule has 1 aliphatic rings. The maximum atomic E-state index is 13.3. The highest BCUT2D eigenvalue weighted by molar-refractivity contribution is 7.87. The average Bonchev–Trinajstić information content (AvgIpc) is 2.84. The predicted molar refractivity (Wildman–Crippen MR) is 132 cm³/mol. The van der Waals surface area contributed by atoms with E-state index in [4.69, 9.17) is 25.4 Å². The molecule has 1 heterocycles. The summed E-state index contributed by atoms with van der Waals surface area (Å²) in [6.07, 6.45) is 0. The second-order valence-corrected chi connectivity index (χ2v) is 9.29. The maximum Gasteiger partial charge on any atom is 0.304 e. The van der Waals surface area contributed by atoms with E-state index in [9.17, 15) is 13.2 Å². The van der Waals surface area contributed by atoms with Crippen LogP contribution in [0, 0.1) is 5.41 Å². The molecule has 2 aromatic rings. The van der Waals surface area contributed by atoms with Gasteiger partial charge in [-0.05, 0) is 55.8 Å². The fraction of sp³-hybridized carbons (Fsp3) is 0.391. The zero-order chi connectivity index (χ0) is 25.4. The molecule has 0 aromatic heterocycles. The number of rotatable bonds is 11. The molecule has 1 atom stereocenters. The number of anilines is 1. The van der Waals surface area contributed by atoms with E-state index in [0.29, 0.717) is 41.5 Å². The Morgan fingerprint density at radius 3 is 2.31 bits per heavy atom. The molecule has 12 heteroatoms. The van der Waals surface area contributed by atoms with Gasteiger partial charge in [-0.15, -0.1) is 0 Å². The minimum Gasteiger partial charge on any atom is -0.490 e. The van der Waals surface area contributed by atoms with Crippen molar-refractivity contribution in [2.75, 3.05) is 44.8 Å². The van der Waals surface area contributed by atoms with Crippen LogP contribution >= 0.6 is 0 Å². The summed E-state index contributed by atoms with van der Waals surface area (Å²) in [6.45, 7) is 5.33. The Hall–Kier alpha value is -3.35. The SMILES string of the molecule is CCOc1ccc(C(Nc2ccc(C(=N)N)cc2)C(=O)NS(=O)(=O)N2CCOCC2)cc1OCC. The normalized spacial score (nSPS) is 15.1. The topological polar surface area (TPSA) is 156 Å². The molecule has 2 aromatic carbocycles. The van der Waals surface area contributed by atoms with Crippen molar-refractivity contribution in [3.8, 4) is 11.5 Å². The number of amidine groups is 1. The van der Waals surface area contributed by atoms with Crippen molar-refractivity contribution in [2.24, 2.45) is 5.73 Å². The van der Waals surface area contributed by atoms with E-state index < -0.39 is 22.2 Å². The standard InChI is InChI=1S/C23H31N5O6S/c1-3-33-19-10-7-17(15-20(19)34-4-2)21(26-18-8-5-16(6-9-18)22(24)25)23(29)27-35(30,31)28-11-13-32-14-12-28/h5-10,15,21,26H,3-4,11-14H2,1-2H3,(H3,24,25)(H,27,29). The maximum absolute atomic E-state index is 13.3. The van der Waals surface area contributed by atoms with Crippen LogP contribution in [0.5, 0.6) is 11.5 Å². The minimum absolute atomic E-state index is 0.0877. The Bertz CT molecular complexity index is 1130. The summed E-state index contributed by atoms with van der Waals surface area (Å²) in [4.78, 5) is 13.3. The van der Waals surface area contributed by atoms with Crippen LogP contribution in [0.15, 0.2) is 42.5 Å². The fourth-order valence-electron chi connectivity index (χ4n) is 3.50. The molecule has 0 bridgehead atoms. The first-order valence-electron chi connectivity index (χ1n) is 11.2. The molecular weight excluding hydrogens is 474 g/mol. The lowest BCUT2D eigenvalue weighted by molar-refractivity contribution is -0.120. The molecule has 0 aliphatic carbocycles. The zero-order valence-electron chi connectivity index (χ0n) is 19.7. The van der Waals surface area contributed by atoms with E-state index in [1.807, 2.05) is 13.8 Å².